The summed E-state index contributed by atoms with van der Waals surface area (Å²) in [6, 6.07) is 3.76. The first-order valence-electron chi connectivity index (χ1n) is 10.6. The Morgan fingerprint density at radius 3 is 2.50 bits per heavy atom. The summed E-state index contributed by atoms with van der Waals surface area (Å²) in [6.07, 6.45) is -0.278. The number of alkyl halides is 3. The third-order valence-electron chi connectivity index (χ3n) is 5.38. The van der Waals surface area contributed by atoms with Gasteiger partial charge in [0.25, 0.3) is 0 Å². The number of nitrogens with zero attached hydrogens (tertiary/aromatic N) is 4. The third kappa shape index (κ3) is 4.99. The molecule has 1 fully saturated rings. The number of aromatic nitrogens is 4. The Labute approximate surface area is 189 Å². The second-order valence-corrected chi connectivity index (χ2v) is 9.74. The lowest BCUT2D eigenvalue weighted by Crippen LogP contribution is -2.30. The van der Waals surface area contributed by atoms with Crippen LogP contribution in [0, 0.1) is 5.41 Å². The number of imidazole rings is 1. The first kappa shape index (κ1) is 22.8. The lowest BCUT2D eigenvalue weighted by molar-refractivity contribution is -0.137. The molecule has 1 aromatic carbocycles. The first-order chi connectivity index (χ1) is 15.0. The molecule has 1 saturated heterocycles. The van der Waals surface area contributed by atoms with Gasteiger partial charge in [-0.3, -0.25) is 4.57 Å². The summed E-state index contributed by atoms with van der Waals surface area (Å²) in [5.41, 5.74) is 0.963. The van der Waals surface area contributed by atoms with E-state index in [9.17, 15) is 13.2 Å². The van der Waals surface area contributed by atoms with E-state index >= 15 is 0 Å². The van der Waals surface area contributed by atoms with Crippen LogP contribution in [0.1, 0.15) is 51.0 Å². The number of benzene rings is 1. The van der Waals surface area contributed by atoms with Crippen molar-refractivity contribution in [1.29, 1.82) is 0 Å². The van der Waals surface area contributed by atoms with E-state index in [2.05, 4.69) is 45.9 Å². The molecule has 32 heavy (non-hydrogen) atoms. The summed E-state index contributed by atoms with van der Waals surface area (Å²) in [7, 11) is 0. The summed E-state index contributed by atoms with van der Waals surface area (Å²) in [5.74, 6) is 1.26. The zero-order valence-corrected chi connectivity index (χ0v) is 19.0. The van der Waals surface area contributed by atoms with Crippen molar-refractivity contribution in [2.24, 2.45) is 5.41 Å². The van der Waals surface area contributed by atoms with Gasteiger partial charge < -0.3 is 10.6 Å². The van der Waals surface area contributed by atoms with Crippen LogP contribution >= 0.6 is 11.6 Å². The van der Waals surface area contributed by atoms with E-state index in [0.717, 1.165) is 49.9 Å². The van der Waals surface area contributed by atoms with Crippen LogP contribution < -0.4 is 10.6 Å². The van der Waals surface area contributed by atoms with Crippen LogP contribution in [0.25, 0.3) is 11.2 Å². The number of piperidine rings is 1. The minimum Gasteiger partial charge on any atom is -0.325 e. The molecule has 6 nitrogen and oxygen atoms in total. The quantitative estimate of drug-likeness (QED) is 0.512. The molecule has 3 aromatic rings. The molecule has 0 radical (unpaired) electrons. The molecule has 172 valence electrons. The molecule has 0 saturated carbocycles. The molecule has 1 aliphatic rings. The number of halogens is 4. The molecule has 0 unspecified atom stereocenters. The summed E-state index contributed by atoms with van der Waals surface area (Å²) in [4.78, 5) is 14.0. The van der Waals surface area contributed by atoms with E-state index in [1.807, 2.05) is 0 Å². The highest BCUT2D eigenvalue weighted by atomic mass is 35.5. The predicted molar refractivity (Wildman–Crippen MR) is 119 cm³/mol. The van der Waals surface area contributed by atoms with Crippen molar-refractivity contribution in [2.75, 3.05) is 18.4 Å². The van der Waals surface area contributed by atoms with Crippen LogP contribution in [0.2, 0.25) is 5.02 Å². The van der Waals surface area contributed by atoms with Crippen molar-refractivity contribution >= 4 is 34.4 Å². The summed E-state index contributed by atoms with van der Waals surface area (Å²) < 4.78 is 41.3. The highest BCUT2D eigenvalue weighted by Gasteiger charge is 2.33. The topological polar surface area (TPSA) is 67.7 Å². The van der Waals surface area contributed by atoms with Crippen LogP contribution in [0.5, 0.6) is 0 Å². The Morgan fingerprint density at radius 2 is 1.88 bits per heavy atom. The Hall–Kier alpha value is -2.39. The van der Waals surface area contributed by atoms with Crippen LogP contribution in [-0.4, -0.2) is 32.6 Å². The molecule has 2 aromatic heterocycles. The van der Waals surface area contributed by atoms with Crippen LogP contribution in [-0.2, 0) is 12.6 Å². The number of hydrogen-bond acceptors (Lipinski definition) is 5. The van der Waals surface area contributed by atoms with E-state index < -0.39 is 11.7 Å². The number of fused-ring (bicyclic) bond motifs is 1. The second kappa shape index (κ2) is 8.51. The monoisotopic (exact) mass is 466 g/mol. The number of nitrogens with one attached hydrogen (secondary N) is 2. The Morgan fingerprint density at radius 1 is 1.16 bits per heavy atom. The summed E-state index contributed by atoms with van der Waals surface area (Å²) >= 11 is 5.91. The Bertz CT molecular complexity index is 1110. The zero-order valence-electron chi connectivity index (χ0n) is 18.2. The highest BCUT2D eigenvalue weighted by Crippen LogP contribution is 2.37. The van der Waals surface area contributed by atoms with E-state index in [1.165, 1.54) is 12.1 Å². The zero-order chi connectivity index (χ0) is 23.1. The molecule has 0 spiro atoms. The van der Waals surface area contributed by atoms with Gasteiger partial charge in [-0.15, -0.1) is 0 Å². The SMILES string of the molecule is CC(C)(C)Cc1ncc2nc(Nc3ccc(C(F)(F)F)c(Cl)c3)n(C3CCNCC3)c2n1. The van der Waals surface area contributed by atoms with Crippen molar-refractivity contribution in [1.82, 2.24) is 24.8 Å². The van der Waals surface area contributed by atoms with Crippen molar-refractivity contribution in [2.45, 2.75) is 52.3 Å². The molecular weight excluding hydrogens is 441 g/mol. The minimum atomic E-state index is -4.50. The average molecular weight is 467 g/mol. The molecule has 0 atom stereocenters. The molecule has 0 amide bonds. The van der Waals surface area contributed by atoms with E-state index in [-0.39, 0.29) is 16.5 Å². The molecule has 3 heterocycles. The summed E-state index contributed by atoms with van der Waals surface area (Å²) in [5, 5.41) is 6.15. The van der Waals surface area contributed by atoms with Gasteiger partial charge in [0.2, 0.25) is 5.95 Å². The fourth-order valence-corrected chi connectivity index (χ4v) is 4.22. The van der Waals surface area contributed by atoms with Crippen LogP contribution in [0.15, 0.2) is 24.4 Å². The second-order valence-electron chi connectivity index (χ2n) is 9.34. The largest absolute Gasteiger partial charge is 0.417 e. The van der Waals surface area contributed by atoms with Gasteiger partial charge in [-0.2, -0.15) is 13.2 Å². The molecule has 0 bridgehead atoms. The standard InChI is InChI=1S/C22H26ClF3N6/c1-21(2,3)11-18-28-12-17-19(31-18)32(14-6-8-27-9-7-14)20(30-17)29-13-4-5-15(16(23)10-13)22(24,25)26/h4-5,10,12,14,27H,6-9,11H2,1-3H3,(H,29,30). The Balaban J connectivity index is 1.75. The van der Waals surface area contributed by atoms with Crippen molar-refractivity contribution in [3.63, 3.8) is 0 Å². The van der Waals surface area contributed by atoms with Gasteiger partial charge in [-0.1, -0.05) is 32.4 Å². The van der Waals surface area contributed by atoms with Gasteiger partial charge in [0, 0.05) is 18.2 Å². The average Bonchev–Trinajstić information content (AvgIpc) is 3.03. The van der Waals surface area contributed by atoms with E-state index in [4.69, 9.17) is 16.6 Å². The molecule has 10 heteroatoms. The predicted octanol–water partition coefficient (Wildman–Crippen LogP) is 5.76. The van der Waals surface area contributed by atoms with Crippen LogP contribution in [0.4, 0.5) is 24.8 Å². The first-order valence-corrected chi connectivity index (χ1v) is 11.0. The fraction of sp³-hybridized carbons (Fsp3) is 0.500. The Kier molecular flexibility index (Phi) is 6.06. The van der Waals surface area contributed by atoms with Crippen molar-refractivity contribution in [3.8, 4) is 0 Å². The normalized spacial score (nSPS) is 16.0. The molecule has 2 N–H and O–H groups in total. The number of rotatable bonds is 4. The van der Waals surface area contributed by atoms with E-state index in [1.54, 1.807) is 6.20 Å². The van der Waals surface area contributed by atoms with Crippen molar-refractivity contribution < 1.29 is 13.2 Å². The van der Waals surface area contributed by atoms with Gasteiger partial charge in [-0.05, 0) is 49.5 Å². The third-order valence-corrected chi connectivity index (χ3v) is 5.69. The molecular formula is C22H26ClF3N6. The van der Waals surface area contributed by atoms with Crippen molar-refractivity contribution in [3.05, 3.63) is 40.8 Å². The van der Waals surface area contributed by atoms with Gasteiger partial charge in [0.1, 0.15) is 11.3 Å². The maximum absolute atomic E-state index is 13.1. The van der Waals surface area contributed by atoms with Gasteiger partial charge >= 0.3 is 6.18 Å². The number of anilines is 2. The minimum absolute atomic E-state index is 0.0331. The maximum Gasteiger partial charge on any atom is 0.417 e. The highest BCUT2D eigenvalue weighted by molar-refractivity contribution is 6.31. The summed E-state index contributed by atoms with van der Waals surface area (Å²) in [6.45, 7) is 8.13. The van der Waals surface area contributed by atoms with Gasteiger partial charge in [0.05, 0.1) is 16.8 Å². The van der Waals surface area contributed by atoms with Gasteiger partial charge in [0.15, 0.2) is 5.65 Å². The number of hydrogen-bond donors (Lipinski definition) is 2. The lowest BCUT2D eigenvalue weighted by atomic mass is 9.92. The molecule has 0 aliphatic carbocycles. The van der Waals surface area contributed by atoms with Crippen LogP contribution in [0.3, 0.4) is 0 Å². The smallest absolute Gasteiger partial charge is 0.325 e. The molecule has 4 rings (SSSR count). The van der Waals surface area contributed by atoms with E-state index in [0.29, 0.717) is 17.2 Å². The maximum atomic E-state index is 13.1. The lowest BCUT2D eigenvalue weighted by Gasteiger charge is -2.26. The molecule has 1 aliphatic heterocycles. The fourth-order valence-electron chi connectivity index (χ4n) is 3.94. The van der Waals surface area contributed by atoms with Gasteiger partial charge in [-0.25, -0.2) is 15.0 Å².